The summed E-state index contributed by atoms with van der Waals surface area (Å²) >= 11 is 0. The lowest BCUT2D eigenvalue weighted by Gasteiger charge is -2.08. The lowest BCUT2D eigenvalue weighted by molar-refractivity contribution is -0.510. The maximum atomic E-state index is 11.6. The second kappa shape index (κ2) is 6.05. The van der Waals surface area contributed by atoms with Crippen LogP contribution in [0.5, 0.6) is 0 Å². The predicted molar refractivity (Wildman–Crippen MR) is 74.1 cm³/mol. The number of hydrogen-bond acceptors (Lipinski definition) is 5. The molecular formula is C14H13N3O4. The van der Waals surface area contributed by atoms with Crippen molar-refractivity contribution < 1.29 is 14.5 Å². The van der Waals surface area contributed by atoms with Crippen LogP contribution in [0.2, 0.25) is 0 Å². The standard InChI is InChI=1S/C14H13N3O4/c1-2-21-14(18)13(17(19)20)6-10-8-16-12-4-3-9(7-15)5-11(10)12/h3-5,8,13,16H,2,6H2,1H3. The van der Waals surface area contributed by atoms with Crippen molar-refractivity contribution in [2.24, 2.45) is 0 Å². The molecule has 2 aromatic rings. The predicted octanol–water partition coefficient (Wildman–Crippen LogP) is 1.79. The van der Waals surface area contributed by atoms with Gasteiger partial charge in [0, 0.05) is 22.0 Å². The number of hydrogen-bond donors (Lipinski definition) is 1. The van der Waals surface area contributed by atoms with Gasteiger partial charge in [-0.25, -0.2) is 4.79 Å². The fraction of sp³-hybridized carbons (Fsp3) is 0.286. The molecule has 1 unspecified atom stereocenters. The Hall–Kier alpha value is -2.88. The fourth-order valence-corrected chi connectivity index (χ4v) is 2.11. The second-order valence-corrected chi connectivity index (χ2v) is 4.44. The Kier molecular flexibility index (Phi) is 4.18. The molecule has 7 nitrogen and oxygen atoms in total. The van der Waals surface area contributed by atoms with E-state index in [9.17, 15) is 14.9 Å². The van der Waals surface area contributed by atoms with Gasteiger partial charge in [0.05, 0.1) is 24.7 Å². The van der Waals surface area contributed by atoms with Crippen LogP contribution >= 0.6 is 0 Å². The van der Waals surface area contributed by atoms with Gasteiger partial charge in [0.15, 0.2) is 0 Å². The first-order valence-electron chi connectivity index (χ1n) is 6.37. The summed E-state index contributed by atoms with van der Waals surface area (Å²) in [5, 5.41) is 20.7. The molecule has 0 amide bonds. The van der Waals surface area contributed by atoms with Gasteiger partial charge in [-0.15, -0.1) is 0 Å². The van der Waals surface area contributed by atoms with Gasteiger partial charge in [0.2, 0.25) is 0 Å². The number of fused-ring (bicyclic) bond motifs is 1. The Morgan fingerprint density at radius 1 is 1.57 bits per heavy atom. The molecule has 1 atom stereocenters. The van der Waals surface area contributed by atoms with Crippen molar-refractivity contribution in [2.75, 3.05) is 6.61 Å². The number of nitro groups is 1. The molecule has 0 spiro atoms. The first-order valence-corrected chi connectivity index (χ1v) is 6.37. The minimum absolute atomic E-state index is 0.0826. The van der Waals surface area contributed by atoms with Crippen molar-refractivity contribution >= 4 is 16.9 Å². The van der Waals surface area contributed by atoms with Crippen molar-refractivity contribution in [3.63, 3.8) is 0 Å². The molecule has 0 fully saturated rings. The smallest absolute Gasteiger partial charge is 0.382 e. The molecule has 0 saturated heterocycles. The molecule has 108 valence electrons. The number of benzene rings is 1. The number of aromatic amines is 1. The van der Waals surface area contributed by atoms with Crippen molar-refractivity contribution in [1.29, 1.82) is 5.26 Å². The number of nitriles is 1. The Balaban J connectivity index is 2.35. The van der Waals surface area contributed by atoms with Gasteiger partial charge in [-0.3, -0.25) is 10.1 Å². The van der Waals surface area contributed by atoms with Gasteiger partial charge < -0.3 is 9.72 Å². The molecule has 2 rings (SSSR count). The number of carbonyl (C=O) groups is 1. The van der Waals surface area contributed by atoms with E-state index in [1.807, 2.05) is 6.07 Å². The van der Waals surface area contributed by atoms with Crippen molar-refractivity contribution in [3.05, 3.63) is 45.6 Å². The summed E-state index contributed by atoms with van der Waals surface area (Å²) in [4.78, 5) is 25.0. The number of H-pyrrole nitrogens is 1. The minimum atomic E-state index is -1.45. The van der Waals surface area contributed by atoms with Crippen LogP contribution in [0, 0.1) is 21.4 Å². The normalized spacial score (nSPS) is 11.8. The highest BCUT2D eigenvalue weighted by Crippen LogP contribution is 2.21. The summed E-state index contributed by atoms with van der Waals surface area (Å²) in [6.07, 6.45) is 1.53. The lowest BCUT2D eigenvalue weighted by Crippen LogP contribution is -2.33. The van der Waals surface area contributed by atoms with Crippen LogP contribution in [-0.4, -0.2) is 28.5 Å². The number of esters is 1. The SMILES string of the molecule is CCOC(=O)C(Cc1c[nH]c2ccc(C#N)cc12)[N+](=O)[O-]. The fourth-order valence-electron chi connectivity index (χ4n) is 2.11. The molecule has 0 saturated carbocycles. The van der Waals surface area contributed by atoms with Crippen molar-refractivity contribution in [3.8, 4) is 6.07 Å². The van der Waals surface area contributed by atoms with Gasteiger partial charge in [-0.2, -0.15) is 5.26 Å². The third kappa shape index (κ3) is 3.00. The topological polar surface area (TPSA) is 109 Å². The zero-order valence-corrected chi connectivity index (χ0v) is 11.3. The van der Waals surface area contributed by atoms with Gasteiger partial charge in [0.1, 0.15) is 0 Å². The molecule has 0 bridgehead atoms. The monoisotopic (exact) mass is 287 g/mol. The summed E-state index contributed by atoms with van der Waals surface area (Å²) < 4.78 is 4.73. The van der Waals surface area contributed by atoms with E-state index < -0.39 is 16.9 Å². The van der Waals surface area contributed by atoms with Crippen LogP contribution < -0.4 is 0 Å². The average molecular weight is 287 g/mol. The molecule has 21 heavy (non-hydrogen) atoms. The highest BCUT2D eigenvalue weighted by molar-refractivity contribution is 5.85. The Morgan fingerprint density at radius 2 is 2.33 bits per heavy atom. The number of ether oxygens (including phenoxy) is 1. The Labute approximate surface area is 120 Å². The van der Waals surface area contributed by atoms with Gasteiger partial charge >= 0.3 is 12.0 Å². The first kappa shape index (κ1) is 14.5. The molecule has 0 aliphatic carbocycles. The maximum absolute atomic E-state index is 11.6. The molecule has 1 aromatic heterocycles. The number of nitrogens with one attached hydrogen (secondary N) is 1. The lowest BCUT2D eigenvalue weighted by atomic mass is 10.0. The van der Waals surface area contributed by atoms with Crippen LogP contribution in [0.25, 0.3) is 10.9 Å². The number of aromatic nitrogens is 1. The minimum Gasteiger partial charge on any atom is -0.461 e. The highest BCUT2D eigenvalue weighted by atomic mass is 16.6. The molecule has 1 N–H and O–H groups in total. The average Bonchev–Trinajstić information content (AvgIpc) is 2.86. The molecule has 7 heteroatoms. The Bertz CT molecular complexity index is 729. The molecule has 0 aliphatic heterocycles. The van der Waals surface area contributed by atoms with Crippen LogP contribution in [-0.2, 0) is 16.0 Å². The second-order valence-electron chi connectivity index (χ2n) is 4.44. The molecular weight excluding hydrogens is 274 g/mol. The van der Waals surface area contributed by atoms with E-state index in [1.54, 1.807) is 31.3 Å². The first-order chi connectivity index (χ1) is 10.1. The summed E-state index contributed by atoms with van der Waals surface area (Å²) in [5.41, 5.74) is 1.82. The van der Waals surface area contributed by atoms with E-state index >= 15 is 0 Å². The quantitative estimate of drug-likeness (QED) is 0.512. The van der Waals surface area contributed by atoms with E-state index in [0.717, 1.165) is 5.52 Å². The molecule has 0 aliphatic rings. The third-order valence-electron chi connectivity index (χ3n) is 3.12. The summed E-state index contributed by atoms with van der Waals surface area (Å²) in [6, 6.07) is 5.59. The third-order valence-corrected chi connectivity index (χ3v) is 3.12. The van der Waals surface area contributed by atoms with E-state index in [0.29, 0.717) is 16.5 Å². The van der Waals surface area contributed by atoms with Crippen LogP contribution in [0.1, 0.15) is 18.1 Å². The van der Waals surface area contributed by atoms with Gasteiger partial charge in [-0.1, -0.05) is 0 Å². The molecule has 1 aromatic carbocycles. The van der Waals surface area contributed by atoms with Gasteiger partial charge in [-0.05, 0) is 30.7 Å². The van der Waals surface area contributed by atoms with Crippen LogP contribution in [0.3, 0.4) is 0 Å². The molecule has 1 heterocycles. The zero-order valence-electron chi connectivity index (χ0n) is 11.3. The van der Waals surface area contributed by atoms with Crippen LogP contribution in [0.15, 0.2) is 24.4 Å². The largest absolute Gasteiger partial charge is 0.461 e. The molecule has 0 radical (unpaired) electrons. The van der Waals surface area contributed by atoms with Crippen molar-refractivity contribution in [2.45, 2.75) is 19.4 Å². The van der Waals surface area contributed by atoms with Gasteiger partial charge in [0.25, 0.3) is 0 Å². The van der Waals surface area contributed by atoms with Crippen molar-refractivity contribution in [1.82, 2.24) is 4.98 Å². The van der Waals surface area contributed by atoms with E-state index in [-0.39, 0.29) is 13.0 Å². The number of rotatable bonds is 5. The zero-order chi connectivity index (χ0) is 15.4. The summed E-state index contributed by atoms with van der Waals surface area (Å²) in [5.74, 6) is -0.853. The highest BCUT2D eigenvalue weighted by Gasteiger charge is 2.32. The van der Waals surface area contributed by atoms with Crippen LogP contribution in [0.4, 0.5) is 0 Å². The summed E-state index contributed by atoms with van der Waals surface area (Å²) in [7, 11) is 0. The number of carbonyl (C=O) groups excluding carboxylic acids is 1. The Morgan fingerprint density at radius 3 is 2.95 bits per heavy atom. The number of nitrogens with zero attached hydrogens (tertiary/aromatic N) is 2. The van der Waals surface area contributed by atoms with E-state index in [1.165, 1.54) is 0 Å². The van der Waals surface area contributed by atoms with E-state index in [2.05, 4.69) is 4.98 Å². The van der Waals surface area contributed by atoms with E-state index in [4.69, 9.17) is 10.00 Å². The summed E-state index contributed by atoms with van der Waals surface area (Å²) in [6.45, 7) is 1.69. The maximum Gasteiger partial charge on any atom is 0.382 e.